The van der Waals surface area contributed by atoms with Crippen LogP contribution in [0.1, 0.15) is 12.0 Å². The molecule has 1 aromatic carbocycles. The highest BCUT2D eigenvalue weighted by Gasteiger charge is 2.38. The number of hydrogen-bond donors (Lipinski definition) is 0. The van der Waals surface area contributed by atoms with Crippen molar-refractivity contribution in [2.24, 2.45) is 0 Å². The third kappa shape index (κ3) is 3.50. The fourth-order valence-electron chi connectivity index (χ4n) is 1.78. The minimum Gasteiger partial charge on any atom is -0.469 e. The SMILES string of the molecule is COC(=O)C[C@@H]1SC(=S)N(Cc2ccc(Cl)cc2)C1=O. The number of halogens is 1. The van der Waals surface area contributed by atoms with Gasteiger partial charge in [0.1, 0.15) is 9.57 Å². The predicted octanol–water partition coefficient (Wildman–Crippen LogP) is 2.63. The van der Waals surface area contributed by atoms with Crippen LogP contribution in [0.4, 0.5) is 0 Å². The molecule has 0 radical (unpaired) electrons. The van der Waals surface area contributed by atoms with Crippen LogP contribution in [0.3, 0.4) is 0 Å². The van der Waals surface area contributed by atoms with Crippen molar-refractivity contribution < 1.29 is 14.3 Å². The predicted molar refractivity (Wildman–Crippen MR) is 82.6 cm³/mol. The van der Waals surface area contributed by atoms with E-state index in [9.17, 15) is 9.59 Å². The van der Waals surface area contributed by atoms with E-state index >= 15 is 0 Å². The second-order valence-electron chi connectivity index (χ2n) is 4.20. The monoisotopic (exact) mass is 329 g/mol. The van der Waals surface area contributed by atoms with E-state index in [1.165, 1.54) is 23.8 Å². The maximum Gasteiger partial charge on any atom is 0.307 e. The Hall–Kier alpha value is -1.11. The lowest BCUT2D eigenvalue weighted by atomic mass is 10.2. The lowest BCUT2D eigenvalue weighted by Crippen LogP contribution is -2.31. The van der Waals surface area contributed by atoms with E-state index in [2.05, 4.69) is 4.74 Å². The number of ether oxygens (including phenoxy) is 1. The second kappa shape index (κ2) is 6.56. The fraction of sp³-hybridized carbons (Fsp3) is 0.308. The second-order valence-corrected chi connectivity index (χ2v) is 6.48. The van der Waals surface area contributed by atoms with Gasteiger partial charge in [-0.1, -0.05) is 47.7 Å². The molecule has 4 nitrogen and oxygen atoms in total. The molecule has 0 bridgehead atoms. The molecule has 0 aromatic heterocycles. The number of benzene rings is 1. The number of hydrogen-bond acceptors (Lipinski definition) is 5. The van der Waals surface area contributed by atoms with Gasteiger partial charge in [0, 0.05) is 5.02 Å². The van der Waals surface area contributed by atoms with Crippen molar-refractivity contribution >= 4 is 51.8 Å². The van der Waals surface area contributed by atoms with Crippen LogP contribution in [-0.4, -0.2) is 33.5 Å². The van der Waals surface area contributed by atoms with Gasteiger partial charge in [0.05, 0.1) is 20.1 Å². The first-order valence-corrected chi connectivity index (χ1v) is 7.51. The summed E-state index contributed by atoms with van der Waals surface area (Å²) in [6, 6.07) is 7.21. The van der Waals surface area contributed by atoms with Crippen molar-refractivity contribution in [3.8, 4) is 0 Å². The van der Waals surface area contributed by atoms with Crippen molar-refractivity contribution in [2.75, 3.05) is 7.11 Å². The number of esters is 1. The maximum atomic E-state index is 12.2. The van der Waals surface area contributed by atoms with E-state index in [0.29, 0.717) is 15.9 Å². The zero-order valence-corrected chi connectivity index (χ0v) is 13.1. The Morgan fingerprint density at radius 2 is 2.10 bits per heavy atom. The molecule has 1 aliphatic heterocycles. The molecule has 2 rings (SSSR count). The zero-order valence-electron chi connectivity index (χ0n) is 10.7. The number of carbonyl (C=O) groups is 2. The van der Waals surface area contributed by atoms with Crippen LogP contribution in [0.15, 0.2) is 24.3 Å². The largest absolute Gasteiger partial charge is 0.469 e. The van der Waals surface area contributed by atoms with Crippen LogP contribution in [0.5, 0.6) is 0 Å². The quantitative estimate of drug-likeness (QED) is 0.627. The average Bonchev–Trinajstić information content (AvgIpc) is 2.68. The van der Waals surface area contributed by atoms with Gasteiger partial charge in [0.15, 0.2) is 0 Å². The highest BCUT2D eigenvalue weighted by Crippen LogP contribution is 2.31. The molecule has 0 N–H and O–H groups in total. The normalized spacial score (nSPS) is 18.5. The molecule has 1 heterocycles. The van der Waals surface area contributed by atoms with E-state index < -0.39 is 11.2 Å². The first-order chi connectivity index (χ1) is 9.51. The summed E-state index contributed by atoms with van der Waals surface area (Å²) in [6.07, 6.45) is 0.0389. The topological polar surface area (TPSA) is 46.6 Å². The molecule has 1 saturated heterocycles. The third-order valence-corrected chi connectivity index (χ3v) is 4.67. The van der Waals surface area contributed by atoms with E-state index in [1.54, 1.807) is 12.1 Å². The molecule has 1 amide bonds. The zero-order chi connectivity index (χ0) is 14.7. The average molecular weight is 330 g/mol. The molecular weight excluding hydrogens is 318 g/mol. The molecule has 0 spiro atoms. The van der Waals surface area contributed by atoms with Gasteiger partial charge in [0.25, 0.3) is 0 Å². The lowest BCUT2D eigenvalue weighted by molar-refractivity contribution is -0.142. The summed E-state index contributed by atoms with van der Waals surface area (Å²) in [4.78, 5) is 25.0. The Kier molecular flexibility index (Phi) is 5.01. The molecule has 1 aliphatic rings. The van der Waals surface area contributed by atoms with Crippen molar-refractivity contribution in [2.45, 2.75) is 18.2 Å². The van der Waals surface area contributed by atoms with Crippen LogP contribution in [0.2, 0.25) is 5.02 Å². The summed E-state index contributed by atoms with van der Waals surface area (Å²) in [7, 11) is 1.30. The number of rotatable bonds is 4. The summed E-state index contributed by atoms with van der Waals surface area (Å²) in [6.45, 7) is 0.388. The highest BCUT2D eigenvalue weighted by molar-refractivity contribution is 8.24. The number of thiocarbonyl (C=S) groups is 1. The van der Waals surface area contributed by atoms with Gasteiger partial charge in [0.2, 0.25) is 5.91 Å². The first-order valence-electron chi connectivity index (χ1n) is 5.84. The van der Waals surface area contributed by atoms with Crippen molar-refractivity contribution in [1.82, 2.24) is 4.90 Å². The number of carbonyl (C=O) groups excluding carboxylic acids is 2. The molecule has 1 fully saturated rings. The molecule has 0 aliphatic carbocycles. The first kappa shape index (κ1) is 15.3. The summed E-state index contributed by atoms with van der Waals surface area (Å²) in [5, 5.41) is 0.157. The summed E-state index contributed by atoms with van der Waals surface area (Å²) < 4.78 is 5.07. The Balaban J connectivity index is 2.05. The Bertz CT molecular complexity index is 547. The van der Waals surface area contributed by atoms with Gasteiger partial charge in [-0.2, -0.15) is 0 Å². The molecule has 1 atom stereocenters. The third-order valence-electron chi connectivity index (χ3n) is 2.84. The molecule has 0 saturated carbocycles. The molecular formula is C13H12ClNO3S2. The Labute approximate surface area is 131 Å². The van der Waals surface area contributed by atoms with Gasteiger partial charge in [-0.15, -0.1) is 0 Å². The number of nitrogens with zero attached hydrogens (tertiary/aromatic N) is 1. The smallest absolute Gasteiger partial charge is 0.307 e. The minimum atomic E-state index is -0.484. The standard InChI is InChI=1S/C13H12ClNO3S2/c1-18-11(16)6-10-12(17)15(13(19)20-10)7-8-2-4-9(14)5-3-8/h2-5,10H,6-7H2,1H3/t10-/m0/s1. The Morgan fingerprint density at radius 1 is 1.45 bits per heavy atom. The van der Waals surface area contributed by atoms with Gasteiger partial charge in [-0.3, -0.25) is 14.5 Å². The molecule has 1 aromatic rings. The van der Waals surface area contributed by atoms with Gasteiger partial charge in [-0.25, -0.2) is 0 Å². The van der Waals surface area contributed by atoms with Crippen LogP contribution >= 0.6 is 35.6 Å². The van der Waals surface area contributed by atoms with Crippen LogP contribution in [0, 0.1) is 0 Å². The number of thioether (sulfide) groups is 1. The van der Waals surface area contributed by atoms with Crippen molar-refractivity contribution in [3.63, 3.8) is 0 Å². The van der Waals surface area contributed by atoms with Gasteiger partial charge < -0.3 is 4.74 Å². The molecule has 7 heteroatoms. The number of methoxy groups -OCH3 is 1. The van der Waals surface area contributed by atoms with E-state index in [4.69, 9.17) is 23.8 Å². The van der Waals surface area contributed by atoms with Crippen molar-refractivity contribution in [1.29, 1.82) is 0 Å². The van der Waals surface area contributed by atoms with Gasteiger partial charge >= 0.3 is 5.97 Å². The van der Waals surface area contributed by atoms with Crippen LogP contribution in [0.25, 0.3) is 0 Å². The Morgan fingerprint density at radius 3 is 2.70 bits per heavy atom. The maximum absolute atomic E-state index is 12.2. The molecule has 0 unspecified atom stereocenters. The minimum absolute atomic E-state index is 0.0389. The molecule has 106 valence electrons. The van der Waals surface area contributed by atoms with Crippen LogP contribution < -0.4 is 0 Å². The number of amides is 1. The van der Waals surface area contributed by atoms with Crippen molar-refractivity contribution in [3.05, 3.63) is 34.9 Å². The van der Waals surface area contributed by atoms with E-state index in [-0.39, 0.29) is 12.3 Å². The summed E-state index contributed by atoms with van der Waals surface area (Å²) >= 11 is 12.2. The fourth-order valence-corrected chi connectivity index (χ4v) is 3.38. The summed E-state index contributed by atoms with van der Waals surface area (Å²) in [5.74, 6) is -0.563. The van der Waals surface area contributed by atoms with Gasteiger partial charge in [-0.05, 0) is 17.7 Å². The van der Waals surface area contributed by atoms with E-state index in [1.807, 2.05) is 12.1 Å². The van der Waals surface area contributed by atoms with E-state index in [0.717, 1.165) is 5.56 Å². The molecule has 20 heavy (non-hydrogen) atoms. The summed E-state index contributed by atoms with van der Waals surface area (Å²) in [5.41, 5.74) is 0.935. The lowest BCUT2D eigenvalue weighted by Gasteiger charge is -2.15. The van der Waals surface area contributed by atoms with Crippen LogP contribution in [-0.2, 0) is 20.9 Å². The highest BCUT2D eigenvalue weighted by atomic mass is 35.5.